The smallest absolute Gasteiger partial charge is 0.309 e. The number of carbonyl (C=O) groups is 1. The van der Waals surface area contributed by atoms with Gasteiger partial charge in [-0.3, -0.25) is 9.78 Å². The summed E-state index contributed by atoms with van der Waals surface area (Å²) in [6.07, 6.45) is -3.84. The Balaban J connectivity index is 3.22. The summed E-state index contributed by atoms with van der Waals surface area (Å²) in [5.74, 6) is -4.53. The summed E-state index contributed by atoms with van der Waals surface area (Å²) >= 11 is 0. The molecule has 0 radical (unpaired) electrons. The van der Waals surface area contributed by atoms with E-state index in [1.54, 1.807) is 0 Å². The molecule has 0 amide bonds. The van der Waals surface area contributed by atoms with Crippen LogP contribution in [0.2, 0.25) is 0 Å². The minimum atomic E-state index is -3.35. The Morgan fingerprint density at radius 2 is 2.07 bits per heavy atom. The van der Waals surface area contributed by atoms with Gasteiger partial charge in [-0.15, -0.1) is 0 Å². The van der Waals surface area contributed by atoms with E-state index in [-0.39, 0.29) is 0 Å². The van der Waals surface area contributed by atoms with Crippen LogP contribution in [0.1, 0.15) is 17.7 Å². The van der Waals surface area contributed by atoms with Crippen molar-refractivity contribution in [1.29, 1.82) is 0 Å². The molecule has 0 atom stereocenters. The summed E-state index contributed by atoms with van der Waals surface area (Å²) in [7, 11) is 0. The molecule has 0 aliphatic rings. The molecule has 1 aromatic rings. The van der Waals surface area contributed by atoms with Gasteiger partial charge in [0.2, 0.25) is 0 Å². The molecule has 0 bridgehead atoms. The van der Waals surface area contributed by atoms with Crippen LogP contribution in [0.25, 0.3) is 0 Å². The third-order valence-corrected chi connectivity index (χ3v) is 1.62. The molecule has 1 aromatic heterocycles. The summed E-state index contributed by atoms with van der Waals surface area (Å²) < 4.78 is 50.1. The van der Waals surface area contributed by atoms with Gasteiger partial charge >= 0.3 is 5.97 Å². The predicted octanol–water partition coefficient (Wildman–Crippen LogP) is 1.92. The summed E-state index contributed by atoms with van der Waals surface area (Å²) in [5, 5.41) is 8.30. The molecule has 0 spiro atoms. The molecule has 15 heavy (non-hydrogen) atoms. The van der Waals surface area contributed by atoms with Crippen LogP contribution in [0, 0.1) is 11.6 Å². The molecule has 0 fully saturated rings. The molecule has 7 heteroatoms. The average Bonchev–Trinajstić information content (AvgIpc) is 2.09. The number of alkyl halides is 2. The first-order valence-electron chi connectivity index (χ1n) is 3.76. The monoisotopic (exact) mass is 223 g/mol. The van der Waals surface area contributed by atoms with E-state index in [1.807, 2.05) is 0 Å². The Bertz CT molecular complexity index is 394. The van der Waals surface area contributed by atoms with Gasteiger partial charge in [0.15, 0.2) is 11.6 Å². The summed E-state index contributed by atoms with van der Waals surface area (Å²) in [4.78, 5) is 13.3. The lowest BCUT2D eigenvalue weighted by molar-refractivity contribution is -0.136. The normalized spacial score (nSPS) is 10.7. The molecule has 1 heterocycles. The third-order valence-electron chi connectivity index (χ3n) is 1.62. The van der Waals surface area contributed by atoms with Crippen LogP contribution in [0.3, 0.4) is 0 Å². The van der Waals surface area contributed by atoms with Gasteiger partial charge in [-0.2, -0.15) is 0 Å². The Kier molecular flexibility index (Phi) is 3.23. The highest BCUT2D eigenvalue weighted by Gasteiger charge is 2.23. The van der Waals surface area contributed by atoms with E-state index in [1.165, 1.54) is 0 Å². The van der Waals surface area contributed by atoms with Crippen molar-refractivity contribution in [2.75, 3.05) is 0 Å². The number of aromatic nitrogens is 1. The topological polar surface area (TPSA) is 50.2 Å². The second-order valence-electron chi connectivity index (χ2n) is 2.65. The number of aliphatic carboxylic acids is 1. The SMILES string of the molecule is O=C(O)Cc1ncc(F)c(C(F)F)c1F. The Morgan fingerprint density at radius 1 is 1.47 bits per heavy atom. The maximum Gasteiger partial charge on any atom is 0.309 e. The maximum atomic E-state index is 13.1. The van der Waals surface area contributed by atoms with Crippen LogP contribution in [0.15, 0.2) is 6.20 Å². The highest BCUT2D eigenvalue weighted by atomic mass is 19.3. The van der Waals surface area contributed by atoms with Gasteiger partial charge in [-0.1, -0.05) is 0 Å². The number of carboxylic acid groups (broad SMARTS) is 1. The van der Waals surface area contributed by atoms with Gasteiger partial charge in [0.25, 0.3) is 6.43 Å². The van der Waals surface area contributed by atoms with Crippen molar-refractivity contribution in [1.82, 2.24) is 4.98 Å². The number of hydrogen-bond donors (Lipinski definition) is 1. The van der Waals surface area contributed by atoms with Crippen LogP contribution >= 0.6 is 0 Å². The van der Waals surface area contributed by atoms with Crippen molar-refractivity contribution >= 4 is 5.97 Å². The summed E-state index contributed by atoms with van der Waals surface area (Å²) in [5.41, 5.74) is -2.15. The zero-order chi connectivity index (χ0) is 11.6. The largest absolute Gasteiger partial charge is 0.481 e. The minimum Gasteiger partial charge on any atom is -0.481 e. The van der Waals surface area contributed by atoms with Crippen molar-refractivity contribution in [2.45, 2.75) is 12.8 Å². The zero-order valence-corrected chi connectivity index (χ0v) is 7.18. The van der Waals surface area contributed by atoms with E-state index in [2.05, 4.69) is 4.98 Å². The average molecular weight is 223 g/mol. The van der Waals surface area contributed by atoms with Crippen molar-refractivity contribution in [3.8, 4) is 0 Å². The van der Waals surface area contributed by atoms with Crippen LogP contribution in [0.4, 0.5) is 17.6 Å². The molecule has 0 aliphatic carbocycles. The van der Waals surface area contributed by atoms with Gasteiger partial charge in [-0.05, 0) is 0 Å². The number of nitrogens with zero attached hydrogens (tertiary/aromatic N) is 1. The first-order valence-corrected chi connectivity index (χ1v) is 3.76. The van der Waals surface area contributed by atoms with Crippen molar-refractivity contribution in [3.63, 3.8) is 0 Å². The van der Waals surface area contributed by atoms with Crippen LogP contribution in [-0.2, 0) is 11.2 Å². The van der Waals surface area contributed by atoms with E-state index >= 15 is 0 Å². The van der Waals surface area contributed by atoms with Crippen molar-refractivity contribution in [3.05, 3.63) is 29.1 Å². The summed E-state index contributed by atoms with van der Waals surface area (Å²) in [6, 6.07) is 0. The number of pyridine rings is 1. The number of carboxylic acids is 1. The Labute approximate surface area is 81.4 Å². The molecule has 1 N–H and O–H groups in total. The highest BCUT2D eigenvalue weighted by molar-refractivity contribution is 5.69. The molecule has 0 saturated heterocycles. The second kappa shape index (κ2) is 4.24. The van der Waals surface area contributed by atoms with Crippen molar-refractivity contribution in [2.24, 2.45) is 0 Å². The molecule has 0 unspecified atom stereocenters. The van der Waals surface area contributed by atoms with Crippen LogP contribution in [-0.4, -0.2) is 16.1 Å². The van der Waals surface area contributed by atoms with E-state index < -0.39 is 41.7 Å². The fraction of sp³-hybridized carbons (Fsp3) is 0.250. The number of rotatable bonds is 3. The highest BCUT2D eigenvalue weighted by Crippen LogP contribution is 2.25. The molecule has 0 aliphatic heterocycles. The van der Waals surface area contributed by atoms with E-state index in [0.717, 1.165) is 0 Å². The van der Waals surface area contributed by atoms with E-state index in [9.17, 15) is 22.4 Å². The second-order valence-corrected chi connectivity index (χ2v) is 2.65. The van der Waals surface area contributed by atoms with Crippen molar-refractivity contribution < 1.29 is 27.5 Å². The zero-order valence-electron chi connectivity index (χ0n) is 7.18. The quantitative estimate of drug-likeness (QED) is 0.796. The molecule has 3 nitrogen and oxygen atoms in total. The molecular weight excluding hydrogens is 218 g/mol. The molecule has 1 rings (SSSR count). The van der Waals surface area contributed by atoms with Gasteiger partial charge in [-0.25, -0.2) is 17.6 Å². The van der Waals surface area contributed by atoms with E-state index in [0.29, 0.717) is 6.20 Å². The van der Waals surface area contributed by atoms with Crippen LogP contribution < -0.4 is 0 Å². The number of hydrogen-bond acceptors (Lipinski definition) is 2. The van der Waals surface area contributed by atoms with Gasteiger partial charge in [0.1, 0.15) is 0 Å². The first-order chi connectivity index (χ1) is 6.93. The lowest BCUT2D eigenvalue weighted by atomic mass is 10.1. The Morgan fingerprint density at radius 3 is 2.53 bits per heavy atom. The van der Waals surface area contributed by atoms with Gasteiger partial charge in [0.05, 0.1) is 23.9 Å². The van der Waals surface area contributed by atoms with Gasteiger partial charge in [0, 0.05) is 0 Å². The fourth-order valence-electron chi connectivity index (χ4n) is 0.988. The van der Waals surface area contributed by atoms with Gasteiger partial charge < -0.3 is 5.11 Å². The Hall–Kier alpha value is -1.66. The predicted molar refractivity (Wildman–Crippen MR) is 40.4 cm³/mol. The number of halogens is 4. The maximum absolute atomic E-state index is 13.1. The molecule has 0 saturated carbocycles. The summed E-state index contributed by atoms with van der Waals surface area (Å²) in [6.45, 7) is 0. The minimum absolute atomic E-state index is 0.378. The van der Waals surface area contributed by atoms with E-state index in [4.69, 9.17) is 5.11 Å². The lowest BCUT2D eigenvalue weighted by Gasteiger charge is -2.06. The first kappa shape index (κ1) is 11.4. The fourth-order valence-corrected chi connectivity index (χ4v) is 0.988. The third kappa shape index (κ3) is 2.42. The lowest BCUT2D eigenvalue weighted by Crippen LogP contribution is -2.09. The molecule has 82 valence electrons. The van der Waals surface area contributed by atoms with Crippen LogP contribution in [0.5, 0.6) is 0 Å². The standard InChI is InChI=1S/C8H5F4NO2/c9-3-2-13-4(1-5(14)15)7(10)6(3)8(11)12/h2,8H,1H2,(H,14,15). The molecule has 0 aromatic carbocycles. The molecular formula is C8H5F4NO2.